The maximum atomic E-state index is 13.0. The van der Waals surface area contributed by atoms with Crippen molar-refractivity contribution in [3.8, 4) is 5.75 Å². The van der Waals surface area contributed by atoms with Crippen molar-refractivity contribution < 1.29 is 37.3 Å². The lowest BCUT2D eigenvalue weighted by Crippen LogP contribution is -2.29. The van der Waals surface area contributed by atoms with Gasteiger partial charge in [-0.15, -0.1) is 0 Å². The summed E-state index contributed by atoms with van der Waals surface area (Å²) in [6.45, 7) is 2.00. The van der Waals surface area contributed by atoms with Gasteiger partial charge in [0, 0.05) is 13.0 Å². The Balaban J connectivity index is 0.00000151. The van der Waals surface area contributed by atoms with Crippen molar-refractivity contribution in [1.82, 2.24) is 5.32 Å². The Morgan fingerprint density at radius 1 is 1.06 bits per heavy atom. The average molecular weight is 441 g/mol. The molecule has 0 aliphatic heterocycles. The molecule has 6 nitrogen and oxygen atoms in total. The molecule has 2 N–H and O–H groups in total. The van der Waals surface area contributed by atoms with Crippen molar-refractivity contribution in [2.45, 2.75) is 39.0 Å². The van der Waals surface area contributed by atoms with Crippen LogP contribution >= 0.6 is 0 Å². The molecule has 170 valence electrons. The third-order valence-corrected chi connectivity index (χ3v) is 4.01. The first-order chi connectivity index (χ1) is 14.7. The van der Waals surface area contributed by atoms with Crippen LogP contribution < -0.4 is 10.1 Å². The van der Waals surface area contributed by atoms with Crippen molar-refractivity contribution in [2.75, 3.05) is 14.0 Å². The molecule has 0 aliphatic carbocycles. The van der Waals surface area contributed by atoms with E-state index in [2.05, 4.69) is 5.32 Å². The third kappa shape index (κ3) is 9.08. The summed E-state index contributed by atoms with van der Waals surface area (Å²) in [5.41, 5.74) is 1.68. The van der Waals surface area contributed by atoms with Crippen LogP contribution in [-0.2, 0) is 22.5 Å². The number of methoxy groups -OCH3 is 1. The fourth-order valence-corrected chi connectivity index (χ4v) is 2.68. The molecule has 0 radical (unpaired) electrons. The largest absolute Gasteiger partial charge is 0.496 e. The summed E-state index contributed by atoms with van der Waals surface area (Å²) in [4.78, 5) is 24.0. The van der Waals surface area contributed by atoms with Gasteiger partial charge in [-0.25, -0.2) is 18.0 Å². The molecule has 0 aromatic heterocycles. The van der Waals surface area contributed by atoms with E-state index in [1.807, 2.05) is 0 Å². The van der Waals surface area contributed by atoms with E-state index < -0.39 is 19.0 Å². The Kier molecular flexibility index (Phi) is 11.1. The Hall–Kier alpha value is -3.07. The first kappa shape index (κ1) is 26.0. The number of halogens is 3. The summed E-state index contributed by atoms with van der Waals surface area (Å²) in [5.74, 6) is -1.41. The van der Waals surface area contributed by atoms with Crippen LogP contribution in [-0.4, -0.2) is 43.2 Å². The molecule has 0 saturated carbocycles. The second-order valence-corrected chi connectivity index (χ2v) is 6.66. The highest BCUT2D eigenvalue weighted by atomic mass is 19.3. The number of amides is 1. The van der Waals surface area contributed by atoms with E-state index in [4.69, 9.17) is 9.47 Å². The van der Waals surface area contributed by atoms with Gasteiger partial charge in [-0.1, -0.05) is 18.2 Å². The smallest absolute Gasteiger partial charge is 0.333 e. The number of carboxylic acids is 1. The Morgan fingerprint density at radius 3 is 2.16 bits per heavy atom. The van der Waals surface area contributed by atoms with Crippen LogP contribution in [0.5, 0.6) is 5.75 Å². The van der Waals surface area contributed by atoms with Gasteiger partial charge in [0.2, 0.25) is 6.93 Å². The van der Waals surface area contributed by atoms with Gasteiger partial charge in [-0.3, -0.25) is 4.79 Å². The van der Waals surface area contributed by atoms with Crippen LogP contribution in [0.2, 0.25) is 0 Å². The maximum Gasteiger partial charge on any atom is 0.333 e. The van der Waals surface area contributed by atoms with Gasteiger partial charge in [0.05, 0.1) is 18.8 Å². The number of carbonyl (C=O) groups excluding carboxylic acids is 1. The van der Waals surface area contributed by atoms with Gasteiger partial charge in [-0.05, 0) is 49.2 Å². The Labute approximate surface area is 179 Å². The average Bonchev–Trinajstić information content (AvgIpc) is 2.72. The molecule has 0 bridgehead atoms. The van der Waals surface area contributed by atoms with Crippen molar-refractivity contribution in [1.29, 1.82) is 0 Å². The van der Waals surface area contributed by atoms with Crippen LogP contribution in [0.4, 0.5) is 13.2 Å². The maximum absolute atomic E-state index is 13.0. The normalized spacial score (nSPS) is 11.3. The number of benzene rings is 2. The zero-order valence-electron chi connectivity index (χ0n) is 17.5. The number of ether oxygens (including phenoxy) is 2. The lowest BCUT2D eigenvalue weighted by atomic mass is 10.0. The van der Waals surface area contributed by atoms with Crippen LogP contribution in [0.25, 0.3) is 0 Å². The number of hydrogen-bond donors (Lipinski definition) is 2. The summed E-state index contributed by atoms with van der Waals surface area (Å²) >= 11 is 0. The molecule has 2 aromatic rings. The number of hydrogen-bond acceptors (Lipinski definition) is 4. The summed E-state index contributed by atoms with van der Waals surface area (Å²) in [6, 6.07) is 10.7. The lowest BCUT2D eigenvalue weighted by Gasteiger charge is -2.17. The van der Waals surface area contributed by atoms with E-state index in [1.54, 1.807) is 44.2 Å². The highest BCUT2D eigenvalue weighted by Crippen LogP contribution is 2.22. The molecular formula is C22H26F3NO5. The SMILES string of the molecule is COc1ccc(CC(OC(C)C)C(=O)O)cc1C(=O)NCc1ccc(F)cc1.FCF. The van der Waals surface area contributed by atoms with Gasteiger partial charge in [0.15, 0.2) is 6.10 Å². The fraction of sp³-hybridized carbons (Fsp3) is 0.364. The summed E-state index contributed by atoms with van der Waals surface area (Å²) in [5, 5.41) is 12.1. The fourth-order valence-electron chi connectivity index (χ4n) is 2.68. The predicted octanol–water partition coefficient (Wildman–Crippen LogP) is 4.07. The number of aliphatic carboxylic acids is 1. The predicted molar refractivity (Wildman–Crippen MR) is 109 cm³/mol. The molecule has 0 heterocycles. The monoisotopic (exact) mass is 441 g/mol. The second kappa shape index (κ2) is 13.3. The van der Waals surface area contributed by atoms with E-state index >= 15 is 0 Å². The molecule has 0 saturated heterocycles. The minimum Gasteiger partial charge on any atom is -0.496 e. The molecule has 0 spiro atoms. The van der Waals surface area contributed by atoms with E-state index in [9.17, 15) is 27.9 Å². The minimum atomic E-state index is -1.75. The molecule has 2 rings (SSSR count). The highest BCUT2D eigenvalue weighted by molar-refractivity contribution is 5.97. The van der Waals surface area contributed by atoms with E-state index in [0.717, 1.165) is 5.56 Å². The van der Waals surface area contributed by atoms with Crippen molar-refractivity contribution in [3.63, 3.8) is 0 Å². The van der Waals surface area contributed by atoms with Crippen LogP contribution in [0, 0.1) is 5.82 Å². The zero-order chi connectivity index (χ0) is 23.4. The van der Waals surface area contributed by atoms with Crippen molar-refractivity contribution >= 4 is 11.9 Å². The van der Waals surface area contributed by atoms with Crippen molar-refractivity contribution in [2.24, 2.45) is 0 Å². The molecule has 1 amide bonds. The standard InChI is InChI=1S/C21H24FNO5.CH2F2/c1-13(2)28-19(21(25)26)11-15-6-9-18(27-3)17(10-15)20(24)23-12-14-4-7-16(22)8-5-14;2-1-3/h4-10,13,19H,11-12H2,1-3H3,(H,23,24)(H,25,26);1H2. The number of nitrogens with one attached hydrogen (secondary N) is 1. The Bertz CT molecular complexity index is 844. The molecular weight excluding hydrogens is 415 g/mol. The molecule has 0 aliphatic rings. The van der Waals surface area contributed by atoms with Gasteiger partial charge >= 0.3 is 5.97 Å². The highest BCUT2D eigenvalue weighted by Gasteiger charge is 2.21. The van der Waals surface area contributed by atoms with E-state index in [0.29, 0.717) is 11.3 Å². The zero-order valence-corrected chi connectivity index (χ0v) is 17.5. The molecule has 0 fully saturated rings. The summed E-state index contributed by atoms with van der Waals surface area (Å²) in [6.07, 6.45) is -1.13. The van der Waals surface area contributed by atoms with Crippen LogP contribution in [0.1, 0.15) is 35.3 Å². The first-order valence-electron chi connectivity index (χ1n) is 9.41. The van der Waals surface area contributed by atoms with Crippen LogP contribution in [0.15, 0.2) is 42.5 Å². The van der Waals surface area contributed by atoms with Gasteiger partial charge in [0.25, 0.3) is 5.91 Å². The Morgan fingerprint density at radius 2 is 1.65 bits per heavy atom. The van der Waals surface area contributed by atoms with E-state index in [1.165, 1.54) is 19.2 Å². The molecule has 9 heteroatoms. The number of carbonyl (C=O) groups is 2. The van der Waals surface area contributed by atoms with E-state index in [-0.39, 0.29) is 36.4 Å². The number of alkyl halides is 2. The van der Waals surface area contributed by atoms with Gasteiger partial charge in [-0.2, -0.15) is 0 Å². The van der Waals surface area contributed by atoms with Crippen LogP contribution in [0.3, 0.4) is 0 Å². The third-order valence-electron chi connectivity index (χ3n) is 4.01. The topological polar surface area (TPSA) is 84.9 Å². The van der Waals surface area contributed by atoms with Crippen molar-refractivity contribution in [3.05, 3.63) is 65.0 Å². The quantitative estimate of drug-likeness (QED) is 0.613. The first-order valence-corrected chi connectivity index (χ1v) is 9.41. The lowest BCUT2D eigenvalue weighted by molar-refractivity contribution is -0.153. The molecule has 1 atom stereocenters. The van der Waals surface area contributed by atoms with Gasteiger partial charge in [0.1, 0.15) is 11.6 Å². The summed E-state index contributed by atoms with van der Waals surface area (Å²) < 4.78 is 42.9. The number of carboxylic acid groups (broad SMARTS) is 1. The minimum absolute atomic E-state index is 0.121. The summed E-state index contributed by atoms with van der Waals surface area (Å²) in [7, 11) is 1.45. The molecule has 31 heavy (non-hydrogen) atoms. The molecule has 1 unspecified atom stereocenters. The molecule has 2 aromatic carbocycles. The second-order valence-electron chi connectivity index (χ2n) is 6.66. The number of rotatable bonds is 9. The van der Waals surface area contributed by atoms with Gasteiger partial charge < -0.3 is 19.9 Å².